The van der Waals surface area contributed by atoms with Gasteiger partial charge in [0.2, 0.25) is 5.88 Å². The second kappa shape index (κ2) is 3.21. The fourth-order valence-corrected chi connectivity index (χ4v) is 0.851. The van der Waals surface area contributed by atoms with Crippen LogP contribution in [0.1, 0.15) is 31.3 Å². The van der Waals surface area contributed by atoms with Crippen molar-refractivity contribution in [1.82, 2.24) is 9.97 Å². The SMILES string of the molecule is CC(C)(C)OC(=O)c1[nH]c(=O)[nH]c1O. The van der Waals surface area contributed by atoms with E-state index in [2.05, 4.69) is 4.98 Å². The van der Waals surface area contributed by atoms with Crippen LogP contribution in [0.25, 0.3) is 0 Å². The molecule has 0 unspecified atom stereocenters. The fourth-order valence-electron chi connectivity index (χ4n) is 0.851. The van der Waals surface area contributed by atoms with Gasteiger partial charge in [-0.2, -0.15) is 0 Å². The molecule has 0 atom stereocenters. The van der Waals surface area contributed by atoms with E-state index in [0.29, 0.717) is 0 Å². The average molecular weight is 200 g/mol. The molecule has 0 spiro atoms. The fraction of sp³-hybridized carbons (Fsp3) is 0.500. The maximum absolute atomic E-state index is 11.3. The van der Waals surface area contributed by atoms with Crippen LogP contribution in [0.15, 0.2) is 4.79 Å². The molecule has 0 aliphatic heterocycles. The van der Waals surface area contributed by atoms with Crippen molar-refractivity contribution in [1.29, 1.82) is 0 Å². The summed E-state index contributed by atoms with van der Waals surface area (Å²) in [5, 5.41) is 9.11. The van der Waals surface area contributed by atoms with Crippen molar-refractivity contribution in [3.05, 3.63) is 16.2 Å². The van der Waals surface area contributed by atoms with E-state index >= 15 is 0 Å². The van der Waals surface area contributed by atoms with Crippen LogP contribution in [0.3, 0.4) is 0 Å². The summed E-state index contributed by atoms with van der Waals surface area (Å²) in [7, 11) is 0. The summed E-state index contributed by atoms with van der Waals surface area (Å²) in [5.41, 5.74) is -1.58. The Hall–Kier alpha value is -1.72. The highest BCUT2D eigenvalue weighted by Gasteiger charge is 2.22. The van der Waals surface area contributed by atoms with Gasteiger partial charge in [0.1, 0.15) is 5.60 Å². The molecule has 6 nitrogen and oxygen atoms in total. The van der Waals surface area contributed by atoms with Crippen LogP contribution >= 0.6 is 0 Å². The molecule has 0 bridgehead atoms. The lowest BCUT2D eigenvalue weighted by atomic mass is 10.2. The molecule has 0 saturated carbocycles. The quantitative estimate of drug-likeness (QED) is 0.570. The van der Waals surface area contributed by atoms with Gasteiger partial charge < -0.3 is 9.84 Å². The van der Waals surface area contributed by atoms with Crippen molar-refractivity contribution in [3.8, 4) is 5.88 Å². The van der Waals surface area contributed by atoms with E-state index in [4.69, 9.17) is 9.84 Å². The number of carbonyl (C=O) groups excluding carboxylic acids is 1. The standard InChI is InChI=1S/C8H12N2O4/c1-8(2,3)14-6(12)4-5(11)10-7(13)9-4/h11H,1-3H3,(H2,9,10,13). The highest BCUT2D eigenvalue weighted by Crippen LogP contribution is 2.14. The molecule has 0 aromatic carbocycles. The monoisotopic (exact) mass is 200 g/mol. The molecule has 1 aromatic heterocycles. The zero-order valence-corrected chi connectivity index (χ0v) is 8.17. The number of carbonyl (C=O) groups is 1. The molecule has 0 fully saturated rings. The first-order chi connectivity index (χ1) is 6.29. The van der Waals surface area contributed by atoms with Crippen molar-refractivity contribution in [3.63, 3.8) is 0 Å². The van der Waals surface area contributed by atoms with Gasteiger partial charge in [0, 0.05) is 0 Å². The zero-order valence-electron chi connectivity index (χ0n) is 8.17. The maximum Gasteiger partial charge on any atom is 0.361 e. The molecule has 0 aliphatic carbocycles. The van der Waals surface area contributed by atoms with Crippen LogP contribution in [0, 0.1) is 0 Å². The van der Waals surface area contributed by atoms with Gasteiger partial charge in [0.05, 0.1) is 0 Å². The average Bonchev–Trinajstić information content (AvgIpc) is 2.26. The Kier molecular flexibility index (Phi) is 2.37. The van der Waals surface area contributed by atoms with Gasteiger partial charge in [-0.05, 0) is 20.8 Å². The van der Waals surface area contributed by atoms with Crippen molar-refractivity contribution in [2.24, 2.45) is 0 Å². The van der Waals surface area contributed by atoms with Crippen molar-refractivity contribution < 1.29 is 14.6 Å². The normalized spacial score (nSPS) is 11.4. The van der Waals surface area contributed by atoms with Crippen LogP contribution in [0.4, 0.5) is 0 Å². The molecule has 6 heteroatoms. The molecule has 0 saturated heterocycles. The first kappa shape index (κ1) is 10.4. The molecule has 0 radical (unpaired) electrons. The number of imidazole rings is 1. The third-order valence-corrected chi connectivity index (χ3v) is 1.31. The van der Waals surface area contributed by atoms with Crippen LogP contribution < -0.4 is 5.69 Å². The lowest BCUT2D eigenvalue weighted by Gasteiger charge is -2.18. The number of esters is 1. The minimum Gasteiger partial charge on any atom is -0.493 e. The second-order valence-corrected chi connectivity index (χ2v) is 3.80. The van der Waals surface area contributed by atoms with E-state index in [9.17, 15) is 9.59 Å². The minimum absolute atomic E-state index is 0.259. The third-order valence-electron chi connectivity index (χ3n) is 1.31. The minimum atomic E-state index is -0.770. The number of ether oxygens (including phenoxy) is 1. The molecule has 14 heavy (non-hydrogen) atoms. The van der Waals surface area contributed by atoms with E-state index in [1.807, 2.05) is 4.98 Å². The summed E-state index contributed by atoms with van der Waals surface area (Å²) in [6, 6.07) is 0. The Morgan fingerprint density at radius 3 is 2.29 bits per heavy atom. The van der Waals surface area contributed by atoms with Crippen LogP contribution in [0.5, 0.6) is 5.88 Å². The van der Waals surface area contributed by atoms with Crippen molar-refractivity contribution in [2.75, 3.05) is 0 Å². The van der Waals surface area contributed by atoms with E-state index < -0.39 is 23.1 Å². The summed E-state index contributed by atoms with van der Waals surface area (Å²) < 4.78 is 4.93. The molecule has 1 heterocycles. The third kappa shape index (κ3) is 2.38. The van der Waals surface area contributed by atoms with Crippen molar-refractivity contribution >= 4 is 5.97 Å². The Bertz CT molecular complexity index is 396. The summed E-state index contributed by atoms with van der Waals surface area (Å²) in [5.74, 6) is -1.28. The van der Waals surface area contributed by atoms with Crippen LogP contribution in [-0.4, -0.2) is 26.6 Å². The number of aromatic hydroxyl groups is 1. The Balaban J connectivity index is 2.91. The van der Waals surface area contributed by atoms with E-state index in [-0.39, 0.29) is 5.69 Å². The molecule has 3 N–H and O–H groups in total. The molecule has 0 amide bonds. The highest BCUT2D eigenvalue weighted by atomic mass is 16.6. The van der Waals surface area contributed by atoms with Crippen LogP contribution in [0.2, 0.25) is 0 Å². The Labute approximate surface area is 79.9 Å². The Morgan fingerprint density at radius 2 is 1.93 bits per heavy atom. The number of H-pyrrole nitrogens is 2. The number of aromatic nitrogens is 2. The van der Waals surface area contributed by atoms with E-state index in [1.165, 1.54) is 0 Å². The zero-order chi connectivity index (χ0) is 10.9. The smallest absolute Gasteiger partial charge is 0.361 e. The predicted octanol–water partition coefficient (Wildman–Crippen LogP) is 0.364. The maximum atomic E-state index is 11.3. The topological polar surface area (TPSA) is 95.2 Å². The highest BCUT2D eigenvalue weighted by molar-refractivity contribution is 5.89. The van der Waals surface area contributed by atoms with Gasteiger partial charge in [-0.25, -0.2) is 9.59 Å². The largest absolute Gasteiger partial charge is 0.493 e. The number of rotatable bonds is 1. The number of nitrogens with one attached hydrogen (secondary N) is 2. The first-order valence-electron chi connectivity index (χ1n) is 4.04. The van der Waals surface area contributed by atoms with Gasteiger partial charge in [0.15, 0.2) is 5.69 Å². The summed E-state index contributed by atoms with van der Waals surface area (Å²) in [4.78, 5) is 26.2. The summed E-state index contributed by atoms with van der Waals surface area (Å²) in [6.45, 7) is 5.06. The summed E-state index contributed by atoms with van der Waals surface area (Å²) >= 11 is 0. The molecule has 1 aromatic rings. The first-order valence-corrected chi connectivity index (χ1v) is 4.04. The lowest BCUT2D eigenvalue weighted by molar-refractivity contribution is 0.00604. The molecule has 78 valence electrons. The number of aromatic amines is 2. The van der Waals surface area contributed by atoms with Gasteiger partial charge >= 0.3 is 11.7 Å². The van der Waals surface area contributed by atoms with E-state index in [0.717, 1.165) is 0 Å². The molecule has 1 rings (SSSR count). The molecular weight excluding hydrogens is 188 g/mol. The van der Waals surface area contributed by atoms with Crippen molar-refractivity contribution in [2.45, 2.75) is 26.4 Å². The number of hydrogen-bond donors (Lipinski definition) is 3. The Morgan fingerprint density at radius 1 is 1.36 bits per heavy atom. The van der Waals surface area contributed by atoms with E-state index in [1.54, 1.807) is 20.8 Å². The predicted molar refractivity (Wildman–Crippen MR) is 48.2 cm³/mol. The van der Waals surface area contributed by atoms with Crippen LogP contribution in [-0.2, 0) is 4.74 Å². The van der Waals surface area contributed by atoms with Gasteiger partial charge in [0.25, 0.3) is 0 Å². The lowest BCUT2D eigenvalue weighted by Crippen LogP contribution is -2.24. The second-order valence-electron chi connectivity index (χ2n) is 3.80. The molecular formula is C8H12N2O4. The number of hydrogen-bond acceptors (Lipinski definition) is 4. The van der Waals surface area contributed by atoms with Gasteiger partial charge in [-0.1, -0.05) is 0 Å². The van der Waals surface area contributed by atoms with Gasteiger partial charge in [-0.15, -0.1) is 0 Å². The summed E-state index contributed by atoms with van der Waals surface area (Å²) in [6.07, 6.45) is 0. The molecule has 0 aliphatic rings. The van der Waals surface area contributed by atoms with Gasteiger partial charge in [-0.3, -0.25) is 9.97 Å².